The van der Waals surface area contributed by atoms with Crippen molar-refractivity contribution in [2.24, 2.45) is 0 Å². The van der Waals surface area contributed by atoms with Crippen molar-refractivity contribution in [3.63, 3.8) is 0 Å². The zero-order valence-corrected chi connectivity index (χ0v) is 11.4. The minimum atomic E-state index is 0.675. The van der Waals surface area contributed by atoms with Gasteiger partial charge in [0.15, 0.2) is 0 Å². The zero-order valence-electron chi connectivity index (χ0n) is 11.4. The summed E-state index contributed by atoms with van der Waals surface area (Å²) < 4.78 is 5.09. The first-order valence-corrected chi connectivity index (χ1v) is 6.74. The third-order valence-electron chi connectivity index (χ3n) is 3.08. The standard InChI is InChI=1S/C17H21NO/c1-19-14-16-9-11-17(12-10-16)18-13-5-8-15-6-3-2-4-7-15/h2-4,6-7,9-12,18H,5,8,13-14H2,1H3. The first kappa shape index (κ1) is 13.6. The summed E-state index contributed by atoms with van der Waals surface area (Å²) >= 11 is 0. The monoisotopic (exact) mass is 255 g/mol. The number of hydrogen-bond acceptors (Lipinski definition) is 2. The average Bonchev–Trinajstić information content (AvgIpc) is 2.47. The van der Waals surface area contributed by atoms with E-state index in [4.69, 9.17) is 4.74 Å². The molecule has 19 heavy (non-hydrogen) atoms. The lowest BCUT2D eigenvalue weighted by atomic mass is 10.1. The van der Waals surface area contributed by atoms with E-state index in [1.165, 1.54) is 16.8 Å². The molecule has 0 atom stereocenters. The summed E-state index contributed by atoms with van der Waals surface area (Å²) in [5.74, 6) is 0. The minimum Gasteiger partial charge on any atom is -0.385 e. The lowest BCUT2D eigenvalue weighted by Gasteiger charge is -2.07. The molecule has 0 aliphatic heterocycles. The van der Waals surface area contributed by atoms with Gasteiger partial charge in [0.1, 0.15) is 0 Å². The van der Waals surface area contributed by atoms with E-state index < -0.39 is 0 Å². The molecule has 0 bridgehead atoms. The molecule has 2 aromatic rings. The molecule has 2 heteroatoms. The Morgan fingerprint density at radius 3 is 2.32 bits per heavy atom. The van der Waals surface area contributed by atoms with Gasteiger partial charge >= 0.3 is 0 Å². The van der Waals surface area contributed by atoms with Crippen LogP contribution in [-0.2, 0) is 17.8 Å². The molecule has 2 nitrogen and oxygen atoms in total. The van der Waals surface area contributed by atoms with Gasteiger partial charge in [-0.2, -0.15) is 0 Å². The molecular weight excluding hydrogens is 234 g/mol. The first-order valence-electron chi connectivity index (χ1n) is 6.74. The summed E-state index contributed by atoms with van der Waals surface area (Å²) in [6, 6.07) is 19.0. The normalized spacial score (nSPS) is 10.4. The highest BCUT2D eigenvalue weighted by Crippen LogP contribution is 2.10. The molecule has 0 spiro atoms. The van der Waals surface area contributed by atoms with Crippen LogP contribution in [0.3, 0.4) is 0 Å². The van der Waals surface area contributed by atoms with E-state index in [0.29, 0.717) is 6.61 Å². The van der Waals surface area contributed by atoms with E-state index in [1.54, 1.807) is 7.11 Å². The van der Waals surface area contributed by atoms with Gasteiger partial charge in [0.05, 0.1) is 6.61 Å². The molecule has 0 saturated heterocycles. The summed E-state index contributed by atoms with van der Waals surface area (Å²) in [5, 5.41) is 3.44. The summed E-state index contributed by atoms with van der Waals surface area (Å²) in [7, 11) is 1.72. The second kappa shape index (κ2) is 7.59. The molecule has 0 radical (unpaired) electrons. The van der Waals surface area contributed by atoms with Crippen molar-refractivity contribution in [3.05, 3.63) is 65.7 Å². The van der Waals surface area contributed by atoms with Gasteiger partial charge in [-0.05, 0) is 36.1 Å². The fraction of sp³-hybridized carbons (Fsp3) is 0.294. The molecule has 0 amide bonds. The SMILES string of the molecule is COCc1ccc(NCCCc2ccccc2)cc1. The molecule has 0 unspecified atom stereocenters. The number of ether oxygens (including phenoxy) is 1. The number of benzene rings is 2. The Morgan fingerprint density at radius 2 is 1.63 bits per heavy atom. The van der Waals surface area contributed by atoms with Gasteiger partial charge in [0.2, 0.25) is 0 Å². The summed E-state index contributed by atoms with van der Waals surface area (Å²) in [6.45, 7) is 1.67. The average molecular weight is 255 g/mol. The van der Waals surface area contributed by atoms with Gasteiger partial charge < -0.3 is 10.1 Å². The number of aryl methyl sites for hydroxylation is 1. The molecule has 1 N–H and O–H groups in total. The van der Waals surface area contributed by atoms with Crippen molar-refractivity contribution < 1.29 is 4.74 Å². The zero-order chi connectivity index (χ0) is 13.3. The van der Waals surface area contributed by atoms with Crippen LogP contribution in [0.1, 0.15) is 17.5 Å². The molecule has 0 aliphatic carbocycles. The van der Waals surface area contributed by atoms with Crippen LogP contribution in [0.5, 0.6) is 0 Å². The van der Waals surface area contributed by atoms with Crippen molar-refractivity contribution in [1.82, 2.24) is 0 Å². The molecule has 0 aromatic heterocycles. The highest BCUT2D eigenvalue weighted by atomic mass is 16.5. The van der Waals surface area contributed by atoms with Gasteiger partial charge in [-0.1, -0.05) is 42.5 Å². The Hall–Kier alpha value is -1.80. The van der Waals surface area contributed by atoms with Crippen LogP contribution in [0.15, 0.2) is 54.6 Å². The molecule has 100 valence electrons. The highest BCUT2D eigenvalue weighted by molar-refractivity contribution is 5.44. The van der Waals surface area contributed by atoms with Gasteiger partial charge in [0, 0.05) is 19.3 Å². The third kappa shape index (κ3) is 4.76. The van der Waals surface area contributed by atoms with E-state index in [1.807, 2.05) is 0 Å². The lowest BCUT2D eigenvalue weighted by Crippen LogP contribution is -2.03. The van der Waals surface area contributed by atoms with Crippen molar-refractivity contribution in [3.8, 4) is 0 Å². The van der Waals surface area contributed by atoms with Crippen molar-refractivity contribution >= 4 is 5.69 Å². The van der Waals surface area contributed by atoms with E-state index >= 15 is 0 Å². The number of methoxy groups -OCH3 is 1. The Labute approximate surface area is 115 Å². The fourth-order valence-electron chi connectivity index (χ4n) is 2.06. The van der Waals surface area contributed by atoms with Gasteiger partial charge in [0.25, 0.3) is 0 Å². The maximum atomic E-state index is 5.09. The van der Waals surface area contributed by atoms with E-state index in [9.17, 15) is 0 Å². The predicted molar refractivity (Wildman–Crippen MR) is 80.4 cm³/mol. The molecular formula is C17H21NO. The van der Waals surface area contributed by atoms with Crippen molar-refractivity contribution in [1.29, 1.82) is 0 Å². The lowest BCUT2D eigenvalue weighted by molar-refractivity contribution is 0.185. The maximum Gasteiger partial charge on any atom is 0.0713 e. The van der Waals surface area contributed by atoms with E-state index in [0.717, 1.165) is 19.4 Å². The van der Waals surface area contributed by atoms with Crippen LogP contribution < -0.4 is 5.32 Å². The predicted octanol–water partition coefficient (Wildman–Crippen LogP) is 3.88. The summed E-state index contributed by atoms with van der Waals surface area (Å²) in [4.78, 5) is 0. The van der Waals surface area contributed by atoms with Crippen LogP contribution >= 0.6 is 0 Å². The molecule has 2 rings (SSSR count). The van der Waals surface area contributed by atoms with Gasteiger partial charge in [-0.3, -0.25) is 0 Å². The van der Waals surface area contributed by atoms with Crippen LogP contribution in [0, 0.1) is 0 Å². The first-order chi connectivity index (χ1) is 9.38. The third-order valence-corrected chi connectivity index (χ3v) is 3.08. The second-order valence-electron chi connectivity index (χ2n) is 4.65. The number of hydrogen-bond donors (Lipinski definition) is 1. The topological polar surface area (TPSA) is 21.3 Å². The Balaban J connectivity index is 1.70. The van der Waals surface area contributed by atoms with Crippen LogP contribution in [0.25, 0.3) is 0 Å². The quantitative estimate of drug-likeness (QED) is 0.758. The molecule has 0 saturated carbocycles. The van der Waals surface area contributed by atoms with Crippen LogP contribution in [0.2, 0.25) is 0 Å². The molecule has 2 aromatic carbocycles. The van der Waals surface area contributed by atoms with E-state index in [-0.39, 0.29) is 0 Å². The number of nitrogens with one attached hydrogen (secondary N) is 1. The van der Waals surface area contributed by atoms with Crippen molar-refractivity contribution in [2.75, 3.05) is 19.0 Å². The number of rotatable bonds is 7. The fourth-order valence-corrected chi connectivity index (χ4v) is 2.06. The Morgan fingerprint density at radius 1 is 0.895 bits per heavy atom. The maximum absolute atomic E-state index is 5.09. The van der Waals surface area contributed by atoms with E-state index in [2.05, 4.69) is 59.9 Å². The largest absolute Gasteiger partial charge is 0.385 e. The van der Waals surface area contributed by atoms with Crippen molar-refractivity contribution in [2.45, 2.75) is 19.4 Å². The van der Waals surface area contributed by atoms with Crippen LogP contribution in [0.4, 0.5) is 5.69 Å². The van der Waals surface area contributed by atoms with Crippen LogP contribution in [-0.4, -0.2) is 13.7 Å². The highest BCUT2D eigenvalue weighted by Gasteiger charge is 1.95. The molecule has 0 aliphatic rings. The van der Waals surface area contributed by atoms with Gasteiger partial charge in [-0.25, -0.2) is 0 Å². The number of anilines is 1. The van der Waals surface area contributed by atoms with Gasteiger partial charge in [-0.15, -0.1) is 0 Å². The summed E-state index contributed by atoms with van der Waals surface area (Å²) in [5.41, 5.74) is 3.78. The molecule has 0 heterocycles. The molecule has 0 fully saturated rings. The minimum absolute atomic E-state index is 0.675. The smallest absolute Gasteiger partial charge is 0.0713 e. The summed E-state index contributed by atoms with van der Waals surface area (Å²) in [6.07, 6.45) is 2.26. The second-order valence-corrected chi connectivity index (χ2v) is 4.65. The Kier molecular flexibility index (Phi) is 5.45. The Bertz CT molecular complexity index is 464.